The fourth-order valence-electron chi connectivity index (χ4n) is 2.54. The Bertz CT molecular complexity index is 989. The maximum atomic E-state index is 12.5. The van der Waals surface area contributed by atoms with Crippen LogP contribution >= 0.6 is 0 Å². The molecule has 2 aromatic carbocycles. The van der Waals surface area contributed by atoms with Crippen LogP contribution in [-0.4, -0.2) is 29.4 Å². The second kappa shape index (κ2) is 7.10. The number of hydrogen-bond donors (Lipinski definition) is 3. The Balaban J connectivity index is 1.72. The minimum Gasteiger partial charge on any atom is -0.480 e. The molecule has 2 amide bonds. The first-order valence-corrected chi connectivity index (χ1v) is 7.85. The van der Waals surface area contributed by atoms with Gasteiger partial charge in [-0.15, -0.1) is 0 Å². The van der Waals surface area contributed by atoms with E-state index in [2.05, 4.69) is 10.6 Å². The Kier molecular flexibility index (Phi) is 4.70. The van der Waals surface area contributed by atoms with E-state index < -0.39 is 18.4 Å². The normalized spacial score (nSPS) is 10.5. The minimum absolute atomic E-state index is 0.231. The van der Waals surface area contributed by atoms with Gasteiger partial charge in [-0.25, -0.2) is 0 Å². The third-order valence-electron chi connectivity index (χ3n) is 3.86. The summed E-state index contributed by atoms with van der Waals surface area (Å²) in [6.07, 6.45) is 0. The molecule has 3 rings (SSSR count). The van der Waals surface area contributed by atoms with E-state index in [0.29, 0.717) is 16.8 Å². The highest BCUT2D eigenvalue weighted by atomic mass is 16.4. The second-order valence-corrected chi connectivity index (χ2v) is 5.66. The summed E-state index contributed by atoms with van der Waals surface area (Å²) in [6.45, 7) is 1.36. The van der Waals surface area contributed by atoms with Gasteiger partial charge in [0, 0.05) is 22.2 Å². The number of para-hydroxylation sites is 1. The van der Waals surface area contributed by atoms with Gasteiger partial charge in [-0.3, -0.25) is 14.4 Å². The molecular weight excluding hydrogens is 336 g/mol. The number of hydrogen-bond acceptors (Lipinski definition) is 4. The zero-order chi connectivity index (χ0) is 18.7. The first-order valence-electron chi connectivity index (χ1n) is 7.85. The second-order valence-electron chi connectivity index (χ2n) is 5.66. The van der Waals surface area contributed by atoms with Crippen molar-refractivity contribution in [1.82, 2.24) is 5.32 Å². The van der Waals surface area contributed by atoms with E-state index >= 15 is 0 Å². The van der Waals surface area contributed by atoms with E-state index in [9.17, 15) is 14.4 Å². The van der Waals surface area contributed by atoms with Crippen molar-refractivity contribution in [3.05, 3.63) is 65.4 Å². The predicted octanol–water partition coefficient (Wildman–Crippen LogP) is 2.81. The first kappa shape index (κ1) is 17.2. The highest BCUT2D eigenvalue weighted by molar-refractivity contribution is 6.06. The molecule has 0 spiro atoms. The lowest BCUT2D eigenvalue weighted by atomic mass is 10.1. The molecule has 1 heterocycles. The lowest BCUT2D eigenvalue weighted by molar-refractivity contribution is -0.135. The van der Waals surface area contributed by atoms with Gasteiger partial charge in [0.25, 0.3) is 11.8 Å². The number of aliphatic carboxylic acids is 1. The third-order valence-corrected chi connectivity index (χ3v) is 3.86. The Morgan fingerprint density at radius 2 is 1.69 bits per heavy atom. The number of rotatable bonds is 5. The molecule has 0 fully saturated rings. The van der Waals surface area contributed by atoms with Crippen LogP contribution in [0.1, 0.15) is 26.5 Å². The zero-order valence-electron chi connectivity index (χ0n) is 13.9. The number of aryl methyl sites for hydroxylation is 1. The number of amides is 2. The fourth-order valence-corrected chi connectivity index (χ4v) is 2.54. The van der Waals surface area contributed by atoms with Crippen molar-refractivity contribution in [3.8, 4) is 0 Å². The topological polar surface area (TPSA) is 109 Å². The lowest BCUT2D eigenvalue weighted by Crippen LogP contribution is -2.29. The van der Waals surface area contributed by atoms with Crippen molar-refractivity contribution in [2.24, 2.45) is 0 Å². The third kappa shape index (κ3) is 3.56. The number of benzene rings is 2. The maximum Gasteiger partial charge on any atom is 0.322 e. The van der Waals surface area contributed by atoms with Gasteiger partial charge in [-0.2, -0.15) is 0 Å². The van der Waals surface area contributed by atoms with Crippen LogP contribution < -0.4 is 10.6 Å². The van der Waals surface area contributed by atoms with Crippen LogP contribution in [0.15, 0.2) is 52.9 Å². The Morgan fingerprint density at radius 3 is 2.35 bits per heavy atom. The Hall–Kier alpha value is -3.61. The van der Waals surface area contributed by atoms with Crippen LogP contribution in [0.2, 0.25) is 0 Å². The molecule has 0 saturated carbocycles. The van der Waals surface area contributed by atoms with Gasteiger partial charge in [0.15, 0.2) is 5.76 Å². The van der Waals surface area contributed by atoms with Crippen LogP contribution in [0.25, 0.3) is 11.0 Å². The SMILES string of the molecule is Cc1c(C(=O)Nc2ccc(C(=O)NCC(=O)O)cc2)oc2ccccc12. The molecule has 0 bridgehead atoms. The van der Waals surface area contributed by atoms with Gasteiger partial charge >= 0.3 is 5.97 Å². The average molecular weight is 352 g/mol. The monoisotopic (exact) mass is 352 g/mol. The van der Waals surface area contributed by atoms with Crippen molar-refractivity contribution >= 4 is 34.4 Å². The molecule has 7 nitrogen and oxygen atoms in total. The number of furan rings is 1. The molecule has 0 atom stereocenters. The molecule has 0 saturated heterocycles. The maximum absolute atomic E-state index is 12.5. The molecule has 26 heavy (non-hydrogen) atoms. The smallest absolute Gasteiger partial charge is 0.322 e. The molecule has 7 heteroatoms. The summed E-state index contributed by atoms with van der Waals surface area (Å²) in [7, 11) is 0. The summed E-state index contributed by atoms with van der Waals surface area (Å²) in [6, 6.07) is 13.5. The first-order chi connectivity index (χ1) is 12.5. The summed E-state index contributed by atoms with van der Waals surface area (Å²) < 4.78 is 5.62. The quantitative estimate of drug-likeness (QED) is 0.654. The van der Waals surface area contributed by atoms with Crippen LogP contribution in [0.4, 0.5) is 5.69 Å². The molecule has 0 radical (unpaired) electrons. The van der Waals surface area contributed by atoms with Gasteiger partial charge in [0.2, 0.25) is 0 Å². The van der Waals surface area contributed by atoms with Crippen LogP contribution in [-0.2, 0) is 4.79 Å². The highest BCUT2D eigenvalue weighted by Crippen LogP contribution is 2.25. The molecule has 3 aromatic rings. The fraction of sp³-hybridized carbons (Fsp3) is 0.105. The number of nitrogens with one attached hydrogen (secondary N) is 2. The summed E-state index contributed by atoms with van der Waals surface area (Å²) in [4.78, 5) is 34.7. The van der Waals surface area contributed by atoms with Gasteiger partial charge in [0.05, 0.1) is 0 Å². The largest absolute Gasteiger partial charge is 0.480 e. The van der Waals surface area contributed by atoms with E-state index in [1.165, 1.54) is 12.1 Å². The van der Waals surface area contributed by atoms with E-state index in [4.69, 9.17) is 9.52 Å². The molecule has 132 valence electrons. The number of carboxylic acids is 1. The van der Waals surface area contributed by atoms with E-state index in [-0.39, 0.29) is 11.7 Å². The molecular formula is C19H16N2O5. The van der Waals surface area contributed by atoms with Gasteiger partial charge < -0.3 is 20.2 Å². The van der Waals surface area contributed by atoms with E-state index in [0.717, 1.165) is 10.9 Å². The van der Waals surface area contributed by atoms with Gasteiger partial charge in [-0.1, -0.05) is 18.2 Å². The zero-order valence-corrected chi connectivity index (χ0v) is 13.9. The summed E-state index contributed by atoms with van der Waals surface area (Å²) >= 11 is 0. The molecule has 3 N–H and O–H groups in total. The van der Waals surface area contributed by atoms with Crippen molar-refractivity contribution in [2.75, 3.05) is 11.9 Å². The summed E-state index contributed by atoms with van der Waals surface area (Å²) in [5.41, 5.74) is 2.18. The Labute approximate surface area is 148 Å². The van der Waals surface area contributed by atoms with Crippen molar-refractivity contribution < 1.29 is 23.9 Å². The number of anilines is 1. The van der Waals surface area contributed by atoms with E-state index in [1.807, 2.05) is 25.1 Å². The molecule has 0 unspecified atom stereocenters. The number of fused-ring (bicyclic) bond motifs is 1. The highest BCUT2D eigenvalue weighted by Gasteiger charge is 2.17. The average Bonchev–Trinajstić information content (AvgIpc) is 2.97. The molecule has 0 aliphatic rings. The number of carbonyl (C=O) groups is 3. The van der Waals surface area contributed by atoms with Crippen LogP contribution in [0.5, 0.6) is 0 Å². The summed E-state index contributed by atoms with van der Waals surface area (Å²) in [5, 5.41) is 14.4. The minimum atomic E-state index is -1.12. The van der Waals surface area contributed by atoms with Gasteiger partial charge in [0.1, 0.15) is 12.1 Å². The van der Waals surface area contributed by atoms with Crippen molar-refractivity contribution in [1.29, 1.82) is 0 Å². The molecule has 0 aliphatic carbocycles. The standard InChI is InChI=1S/C19H16N2O5/c1-11-14-4-2-3-5-15(14)26-17(11)19(25)21-13-8-6-12(7-9-13)18(24)20-10-16(22)23/h2-9H,10H2,1H3,(H,20,24)(H,21,25)(H,22,23). The van der Waals surface area contributed by atoms with Crippen molar-refractivity contribution in [2.45, 2.75) is 6.92 Å². The van der Waals surface area contributed by atoms with E-state index in [1.54, 1.807) is 18.2 Å². The van der Waals surface area contributed by atoms with Crippen LogP contribution in [0.3, 0.4) is 0 Å². The lowest BCUT2D eigenvalue weighted by Gasteiger charge is -2.06. The van der Waals surface area contributed by atoms with Crippen molar-refractivity contribution in [3.63, 3.8) is 0 Å². The number of carboxylic acid groups (broad SMARTS) is 1. The molecule has 0 aliphatic heterocycles. The summed E-state index contributed by atoms with van der Waals surface area (Å²) in [5.74, 6) is -1.78. The predicted molar refractivity (Wildman–Crippen MR) is 95.3 cm³/mol. The number of carbonyl (C=O) groups excluding carboxylic acids is 2. The Morgan fingerprint density at radius 1 is 1.00 bits per heavy atom. The van der Waals surface area contributed by atoms with Gasteiger partial charge in [-0.05, 0) is 37.3 Å². The molecule has 1 aromatic heterocycles. The van der Waals surface area contributed by atoms with Crippen LogP contribution in [0, 0.1) is 6.92 Å².